The van der Waals surface area contributed by atoms with Gasteiger partial charge in [-0.3, -0.25) is 9.59 Å². The van der Waals surface area contributed by atoms with Crippen LogP contribution in [0.2, 0.25) is 0 Å². The predicted octanol–water partition coefficient (Wildman–Crippen LogP) is 3.70. The third-order valence-corrected chi connectivity index (χ3v) is 4.39. The minimum absolute atomic E-state index is 0.233. The molecular weight excluding hydrogens is 348 g/mol. The van der Waals surface area contributed by atoms with E-state index < -0.39 is 3.23 Å². The number of hydrogen-bond donors (Lipinski definition) is 0. The van der Waals surface area contributed by atoms with Crippen LogP contribution in [0.1, 0.15) is 20.7 Å². The molecule has 0 N–H and O–H groups in total. The summed E-state index contributed by atoms with van der Waals surface area (Å²) in [4.78, 5) is 24.1. The summed E-state index contributed by atoms with van der Waals surface area (Å²) in [7, 11) is 0. The van der Waals surface area contributed by atoms with E-state index >= 15 is 0 Å². The van der Waals surface area contributed by atoms with Crippen LogP contribution in [0.25, 0.3) is 10.8 Å². The highest BCUT2D eigenvalue weighted by Gasteiger charge is 2.49. The summed E-state index contributed by atoms with van der Waals surface area (Å²) in [6.45, 7) is 0. The first kappa shape index (κ1) is 11.1. The van der Waals surface area contributed by atoms with Gasteiger partial charge in [-0.25, -0.2) is 0 Å². The van der Waals surface area contributed by atoms with E-state index in [1.54, 1.807) is 12.1 Å². The van der Waals surface area contributed by atoms with Gasteiger partial charge in [0.25, 0.3) is 0 Å². The molecule has 0 heterocycles. The van der Waals surface area contributed by atoms with Crippen molar-refractivity contribution in [3.63, 3.8) is 0 Å². The first-order chi connectivity index (χ1) is 8.01. The van der Waals surface area contributed by atoms with Crippen molar-refractivity contribution < 1.29 is 9.59 Å². The van der Waals surface area contributed by atoms with E-state index in [0.717, 1.165) is 10.8 Å². The monoisotopic (exact) mass is 352 g/mol. The number of ketones is 2. The number of carbonyl (C=O) groups is 2. The molecule has 0 aromatic heterocycles. The van der Waals surface area contributed by atoms with Crippen molar-refractivity contribution in [1.82, 2.24) is 0 Å². The molecule has 2 aromatic rings. The van der Waals surface area contributed by atoms with Crippen LogP contribution in [0.5, 0.6) is 0 Å². The standard InChI is InChI=1S/C13H6Br2O2/c14-13(15)11(16)9-5-7-3-1-2-4-8(7)6-10(9)12(13)17/h1-6H. The number of benzene rings is 2. The largest absolute Gasteiger partial charge is 0.291 e. The van der Waals surface area contributed by atoms with Crippen LogP contribution in [0.4, 0.5) is 0 Å². The molecule has 1 aliphatic rings. The van der Waals surface area contributed by atoms with Gasteiger partial charge in [-0.2, -0.15) is 0 Å². The lowest BCUT2D eigenvalue weighted by atomic mass is 10.0. The fourth-order valence-electron chi connectivity index (χ4n) is 2.06. The number of rotatable bonds is 0. The number of hydrogen-bond acceptors (Lipinski definition) is 2. The van der Waals surface area contributed by atoms with Crippen LogP contribution in [-0.4, -0.2) is 14.8 Å². The van der Waals surface area contributed by atoms with Crippen LogP contribution < -0.4 is 0 Å². The minimum Gasteiger partial charge on any atom is -0.291 e. The van der Waals surface area contributed by atoms with Gasteiger partial charge in [-0.15, -0.1) is 0 Å². The second-order valence-corrected chi connectivity index (χ2v) is 7.42. The molecule has 0 atom stereocenters. The van der Waals surface area contributed by atoms with Gasteiger partial charge in [-0.05, 0) is 22.9 Å². The maximum absolute atomic E-state index is 12.1. The molecule has 84 valence electrons. The molecule has 0 saturated heterocycles. The summed E-state index contributed by atoms with van der Waals surface area (Å²) >= 11 is 6.29. The second kappa shape index (κ2) is 3.50. The maximum atomic E-state index is 12.1. The van der Waals surface area contributed by atoms with Gasteiger partial charge in [0.1, 0.15) is 0 Å². The van der Waals surface area contributed by atoms with E-state index in [0.29, 0.717) is 11.1 Å². The second-order valence-electron chi connectivity index (χ2n) is 3.98. The van der Waals surface area contributed by atoms with Gasteiger partial charge in [0, 0.05) is 11.1 Å². The van der Waals surface area contributed by atoms with Crippen LogP contribution >= 0.6 is 31.9 Å². The van der Waals surface area contributed by atoms with Crippen molar-refractivity contribution in [3.8, 4) is 0 Å². The van der Waals surface area contributed by atoms with Gasteiger partial charge >= 0.3 is 0 Å². The Hall–Kier alpha value is -1.000. The van der Waals surface area contributed by atoms with E-state index in [1.807, 2.05) is 24.3 Å². The highest BCUT2D eigenvalue weighted by molar-refractivity contribution is 9.26. The first-order valence-corrected chi connectivity index (χ1v) is 6.60. The van der Waals surface area contributed by atoms with Crippen LogP contribution in [0, 0.1) is 0 Å². The molecule has 0 saturated carbocycles. The van der Waals surface area contributed by atoms with Crippen LogP contribution in [0.15, 0.2) is 36.4 Å². The summed E-state index contributed by atoms with van der Waals surface area (Å²) in [5.41, 5.74) is 0.949. The van der Waals surface area contributed by atoms with Crippen molar-refractivity contribution in [1.29, 1.82) is 0 Å². The zero-order valence-corrected chi connectivity index (χ0v) is 11.7. The highest BCUT2D eigenvalue weighted by atomic mass is 79.9. The minimum atomic E-state index is -1.28. The quantitative estimate of drug-likeness (QED) is 0.534. The average molecular weight is 354 g/mol. The van der Waals surface area contributed by atoms with Crippen molar-refractivity contribution in [3.05, 3.63) is 47.5 Å². The Morgan fingerprint density at radius 1 is 0.824 bits per heavy atom. The molecule has 17 heavy (non-hydrogen) atoms. The lowest BCUT2D eigenvalue weighted by molar-refractivity contribution is 0.0922. The third-order valence-electron chi connectivity index (χ3n) is 2.95. The molecule has 0 amide bonds. The molecule has 4 heteroatoms. The van der Waals surface area contributed by atoms with E-state index in [-0.39, 0.29) is 11.6 Å². The van der Waals surface area contributed by atoms with E-state index in [9.17, 15) is 9.59 Å². The Bertz CT molecular complexity index is 618. The zero-order chi connectivity index (χ0) is 12.2. The lowest BCUT2D eigenvalue weighted by Gasteiger charge is -2.06. The molecule has 2 aromatic carbocycles. The number of halogens is 2. The van der Waals surface area contributed by atoms with E-state index in [4.69, 9.17) is 0 Å². The van der Waals surface area contributed by atoms with Crippen molar-refractivity contribution in [2.75, 3.05) is 0 Å². The molecule has 0 bridgehead atoms. The zero-order valence-electron chi connectivity index (χ0n) is 8.54. The Kier molecular flexibility index (Phi) is 2.28. The van der Waals surface area contributed by atoms with Crippen LogP contribution in [0.3, 0.4) is 0 Å². The van der Waals surface area contributed by atoms with Crippen molar-refractivity contribution >= 4 is 54.2 Å². The average Bonchev–Trinajstić information content (AvgIpc) is 2.49. The predicted molar refractivity (Wildman–Crippen MR) is 73.2 cm³/mol. The SMILES string of the molecule is O=C1c2cc3ccccc3cc2C(=O)C1(Br)Br. The van der Waals surface area contributed by atoms with Crippen molar-refractivity contribution in [2.45, 2.75) is 3.23 Å². The normalized spacial score (nSPS) is 17.5. The van der Waals surface area contributed by atoms with E-state index in [2.05, 4.69) is 31.9 Å². The summed E-state index contributed by atoms with van der Waals surface area (Å²) in [6.07, 6.45) is 0. The van der Waals surface area contributed by atoms with Gasteiger partial charge < -0.3 is 0 Å². The van der Waals surface area contributed by atoms with Gasteiger partial charge in [0.15, 0.2) is 11.6 Å². The molecule has 0 radical (unpaired) electrons. The number of alkyl halides is 2. The molecule has 3 rings (SSSR count). The Balaban J connectivity index is 2.38. The third kappa shape index (κ3) is 1.44. The van der Waals surface area contributed by atoms with Crippen molar-refractivity contribution in [2.24, 2.45) is 0 Å². The molecule has 0 fully saturated rings. The van der Waals surface area contributed by atoms with Gasteiger partial charge in [0.2, 0.25) is 3.23 Å². The maximum Gasteiger partial charge on any atom is 0.205 e. The topological polar surface area (TPSA) is 34.1 Å². The lowest BCUT2D eigenvalue weighted by Crippen LogP contribution is -2.25. The van der Waals surface area contributed by atoms with Crippen LogP contribution in [-0.2, 0) is 0 Å². The molecule has 0 spiro atoms. The smallest absolute Gasteiger partial charge is 0.205 e. The summed E-state index contributed by atoms with van der Waals surface area (Å²) in [5.74, 6) is -0.466. The summed E-state index contributed by atoms with van der Waals surface area (Å²) in [6, 6.07) is 11.2. The van der Waals surface area contributed by atoms with E-state index in [1.165, 1.54) is 0 Å². The number of Topliss-reactive ketones (excluding diaryl/α,β-unsaturated/α-hetero) is 2. The Morgan fingerprint density at radius 3 is 1.65 bits per heavy atom. The summed E-state index contributed by atoms with van der Waals surface area (Å²) in [5, 5.41) is 1.93. The highest BCUT2D eigenvalue weighted by Crippen LogP contribution is 2.42. The van der Waals surface area contributed by atoms with Gasteiger partial charge in [-0.1, -0.05) is 56.1 Å². The molecule has 0 aliphatic heterocycles. The number of carbonyl (C=O) groups excluding carboxylic acids is 2. The molecular formula is C13H6Br2O2. The molecule has 0 unspecified atom stereocenters. The summed E-state index contributed by atoms with van der Waals surface area (Å²) < 4.78 is -1.28. The Morgan fingerprint density at radius 2 is 1.24 bits per heavy atom. The Labute approximate surface area is 114 Å². The fraction of sp³-hybridized carbons (Fsp3) is 0.0769. The van der Waals surface area contributed by atoms with Gasteiger partial charge in [0.05, 0.1) is 0 Å². The first-order valence-electron chi connectivity index (χ1n) is 5.02. The molecule has 1 aliphatic carbocycles. The number of fused-ring (bicyclic) bond motifs is 2. The fourth-order valence-corrected chi connectivity index (χ4v) is 2.91. The molecule has 2 nitrogen and oxygen atoms in total.